The Morgan fingerprint density at radius 3 is 2.54 bits per heavy atom. The Morgan fingerprint density at radius 1 is 1.25 bits per heavy atom. The number of hydrogen-bond acceptors (Lipinski definition) is 7. The second-order valence-corrected chi connectivity index (χ2v) is 14.5. The Morgan fingerprint density at radius 2 is 1.93 bits per heavy atom. The highest BCUT2D eigenvalue weighted by molar-refractivity contribution is 7.98. The summed E-state index contributed by atoms with van der Waals surface area (Å²) in [4.78, 5) is 9.29. The highest BCUT2D eigenvalue weighted by atomic mass is 32.2. The number of anilines is 1. The number of ether oxygens (including phenoxy) is 2. The average Bonchev–Trinajstić information content (AvgIpc) is 3.06. The molecule has 28 heavy (non-hydrogen) atoms. The van der Waals surface area contributed by atoms with Crippen molar-refractivity contribution in [2.24, 2.45) is 5.92 Å². The molecule has 6 nitrogen and oxygen atoms in total. The molecule has 0 radical (unpaired) electrons. The maximum Gasteiger partial charge on any atom is 0.189 e. The number of aromatic nitrogens is 2. The number of aliphatic hydroxyl groups is 1. The van der Waals surface area contributed by atoms with Crippen molar-refractivity contribution < 1.29 is 14.6 Å². The predicted octanol–water partition coefficient (Wildman–Crippen LogP) is 3.05. The summed E-state index contributed by atoms with van der Waals surface area (Å²) in [5, 5.41) is 14.1. The Hall–Kier alpha value is -1.11. The predicted molar refractivity (Wildman–Crippen MR) is 115 cm³/mol. The Kier molecular flexibility index (Phi) is 6.14. The van der Waals surface area contributed by atoms with Crippen LogP contribution in [0.15, 0.2) is 5.16 Å². The fourth-order valence-corrected chi connectivity index (χ4v) is 4.64. The van der Waals surface area contributed by atoms with Gasteiger partial charge in [-0.25, -0.2) is 9.97 Å². The second-order valence-electron chi connectivity index (χ2n) is 9.01. The van der Waals surface area contributed by atoms with E-state index in [1.54, 1.807) is 0 Å². The second kappa shape index (κ2) is 7.96. The summed E-state index contributed by atoms with van der Waals surface area (Å²) in [7, 11) is -1.54. The smallest absolute Gasteiger partial charge is 0.189 e. The van der Waals surface area contributed by atoms with Crippen molar-refractivity contribution in [3.63, 3.8) is 0 Å². The fraction of sp³-hybridized carbons (Fsp3) is 0.700. The first-order valence-corrected chi connectivity index (χ1v) is 14.4. The largest absolute Gasteiger partial charge is 0.396 e. The van der Waals surface area contributed by atoms with E-state index in [0.717, 1.165) is 28.7 Å². The number of aliphatic hydroxyl groups excluding tert-OH is 1. The van der Waals surface area contributed by atoms with Crippen LogP contribution in [0.4, 0.5) is 5.82 Å². The lowest BCUT2D eigenvalue weighted by atomic mass is 10.1. The minimum absolute atomic E-state index is 0.000336. The summed E-state index contributed by atoms with van der Waals surface area (Å²) in [6, 6.07) is 0.000336. The average molecular weight is 422 g/mol. The van der Waals surface area contributed by atoms with Crippen LogP contribution in [0.5, 0.6) is 0 Å². The van der Waals surface area contributed by atoms with Gasteiger partial charge in [0.1, 0.15) is 20.0 Å². The lowest BCUT2D eigenvalue weighted by Gasteiger charge is -2.24. The van der Waals surface area contributed by atoms with E-state index in [1.165, 1.54) is 11.8 Å². The Labute approximate surface area is 173 Å². The van der Waals surface area contributed by atoms with E-state index in [2.05, 4.69) is 41.4 Å². The monoisotopic (exact) mass is 421 g/mol. The zero-order valence-electron chi connectivity index (χ0n) is 17.8. The van der Waals surface area contributed by atoms with Crippen molar-refractivity contribution >= 4 is 25.7 Å². The van der Waals surface area contributed by atoms with Crippen LogP contribution in [0.25, 0.3) is 0 Å². The maximum atomic E-state index is 9.81. The lowest BCUT2D eigenvalue weighted by Crippen LogP contribution is -2.35. The van der Waals surface area contributed by atoms with Gasteiger partial charge in [-0.1, -0.05) is 37.3 Å². The standard InChI is InChI=1S/C20H31N3O3SSi/c1-12-14(8-9-28(5,6)7)18(23-19(21-12)27-4)22-15-10-13(11-24)16-17(15)26-20(2,3)25-16/h13,15-17,24H,10-11H2,1-7H3,(H,21,22,23)/t13?,15?,16-,17+/m1/s1. The topological polar surface area (TPSA) is 76.5 Å². The van der Waals surface area contributed by atoms with Crippen molar-refractivity contribution in [3.8, 4) is 11.5 Å². The van der Waals surface area contributed by atoms with Crippen LogP contribution in [-0.4, -0.2) is 60.0 Å². The first kappa shape index (κ1) is 21.6. The number of aryl methyl sites for hydroxylation is 1. The molecule has 1 aliphatic carbocycles. The molecule has 0 spiro atoms. The first-order chi connectivity index (χ1) is 13.0. The third-order valence-electron chi connectivity index (χ3n) is 4.95. The Bertz CT molecular complexity index is 800. The van der Waals surface area contributed by atoms with Crippen LogP contribution in [0.3, 0.4) is 0 Å². The van der Waals surface area contributed by atoms with Crippen molar-refractivity contribution in [2.75, 3.05) is 18.2 Å². The molecule has 3 rings (SSSR count). The number of nitrogens with zero attached hydrogens (tertiary/aromatic N) is 2. The SMILES string of the molecule is CSc1nc(C)c(C#C[Si](C)(C)C)c(NC2CC(CO)[C@H]3OC(C)(C)O[C@@H]23)n1. The van der Waals surface area contributed by atoms with Crippen molar-refractivity contribution in [2.45, 2.75) is 76.0 Å². The summed E-state index contributed by atoms with van der Waals surface area (Å²) in [5.41, 5.74) is 5.16. The molecule has 1 saturated carbocycles. The van der Waals surface area contributed by atoms with E-state index < -0.39 is 13.9 Å². The molecule has 2 heterocycles. The van der Waals surface area contributed by atoms with E-state index >= 15 is 0 Å². The van der Waals surface area contributed by atoms with Gasteiger partial charge in [-0.2, -0.15) is 0 Å². The summed E-state index contributed by atoms with van der Waals surface area (Å²) in [6.07, 6.45) is 2.49. The normalized spacial score (nSPS) is 28.6. The Balaban J connectivity index is 1.94. The quantitative estimate of drug-likeness (QED) is 0.335. The van der Waals surface area contributed by atoms with E-state index in [9.17, 15) is 5.11 Å². The number of thioether (sulfide) groups is 1. The van der Waals surface area contributed by atoms with Gasteiger partial charge in [0.15, 0.2) is 10.9 Å². The molecule has 154 valence electrons. The highest BCUT2D eigenvalue weighted by Gasteiger charge is 2.53. The third kappa shape index (κ3) is 4.71. The molecule has 2 aliphatic rings. The summed E-state index contributed by atoms with van der Waals surface area (Å²) >= 11 is 1.51. The summed E-state index contributed by atoms with van der Waals surface area (Å²) in [6.45, 7) is 12.6. The molecule has 0 amide bonds. The van der Waals surface area contributed by atoms with Gasteiger partial charge in [-0.05, 0) is 33.4 Å². The van der Waals surface area contributed by atoms with Gasteiger partial charge in [0.05, 0.1) is 23.4 Å². The van der Waals surface area contributed by atoms with E-state index in [0.29, 0.717) is 0 Å². The fourth-order valence-electron chi connectivity index (χ4n) is 3.73. The minimum atomic E-state index is -1.54. The van der Waals surface area contributed by atoms with E-state index in [4.69, 9.17) is 14.5 Å². The zero-order chi connectivity index (χ0) is 20.7. The molecule has 2 unspecified atom stereocenters. The first-order valence-electron chi connectivity index (χ1n) is 9.72. The summed E-state index contributed by atoms with van der Waals surface area (Å²) in [5.74, 6) is 3.49. The molecule has 4 atom stereocenters. The van der Waals surface area contributed by atoms with Gasteiger partial charge in [-0.3, -0.25) is 0 Å². The molecule has 0 bridgehead atoms. The number of fused-ring (bicyclic) bond motifs is 1. The van der Waals surface area contributed by atoms with Crippen LogP contribution >= 0.6 is 11.8 Å². The van der Waals surface area contributed by atoms with Crippen LogP contribution in [0, 0.1) is 24.3 Å². The van der Waals surface area contributed by atoms with Gasteiger partial charge in [-0.15, -0.1) is 5.54 Å². The molecule has 8 heteroatoms. The number of hydrogen-bond donors (Lipinski definition) is 2. The van der Waals surface area contributed by atoms with Gasteiger partial charge in [0.2, 0.25) is 0 Å². The van der Waals surface area contributed by atoms with Gasteiger partial charge >= 0.3 is 0 Å². The van der Waals surface area contributed by atoms with E-state index in [1.807, 2.05) is 27.0 Å². The molecule has 2 fully saturated rings. The van der Waals surface area contributed by atoms with Crippen molar-refractivity contribution in [3.05, 3.63) is 11.3 Å². The van der Waals surface area contributed by atoms with Crippen molar-refractivity contribution in [1.29, 1.82) is 0 Å². The number of nitrogens with one attached hydrogen (secondary N) is 1. The van der Waals surface area contributed by atoms with Crippen LogP contribution in [-0.2, 0) is 9.47 Å². The van der Waals surface area contributed by atoms with Gasteiger partial charge < -0.3 is 19.9 Å². The molecular weight excluding hydrogens is 390 g/mol. The maximum absolute atomic E-state index is 9.81. The van der Waals surface area contributed by atoms with Crippen LogP contribution in [0.1, 0.15) is 31.5 Å². The molecule has 0 aromatic carbocycles. The summed E-state index contributed by atoms with van der Waals surface area (Å²) < 4.78 is 12.2. The van der Waals surface area contributed by atoms with Crippen LogP contribution < -0.4 is 5.32 Å². The molecule has 2 N–H and O–H groups in total. The third-order valence-corrected chi connectivity index (χ3v) is 6.38. The lowest BCUT2D eigenvalue weighted by molar-refractivity contribution is -0.158. The van der Waals surface area contributed by atoms with Gasteiger partial charge in [0.25, 0.3) is 0 Å². The van der Waals surface area contributed by atoms with Crippen molar-refractivity contribution in [1.82, 2.24) is 9.97 Å². The highest BCUT2D eigenvalue weighted by Crippen LogP contribution is 2.42. The molecular formula is C20H31N3O3SSi. The molecule has 1 saturated heterocycles. The minimum Gasteiger partial charge on any atom is -0.396 e. The molecule has 1 aromatic heterocycles. The number of rotatable bonds is 4. The van der Waals surface area contributed by atoms with E-state index in [-0.39, 0.29) is 30.8 Å². The zero-order valence-corrected chi connectivity index (χ0v) is 19.6. The van der Waals surface area contributed by atoms with Crippen LogP contribution in [0.2, 0.25) is 19.6 Å². The molecule has 1 aliphatic heterocycles. The molecule has 1 aromatic rings. The van der Waals surface area contributed by atoms with Gasteiger partial charge in [0, 0.05) is 12.5 Å².